The van der Waals surface area contributed by atoms with Crippen LogP contribution in [0.4, 0.5) is 0 Å². The number of ether oxygens (including phenoxy) is 6. The minimum atomic E-state index is -1.30. The number of aliphatic hydroxyl groups is 2. The number of esters is 1. The molecular weight excluding hydrogens is 508 g/mol. The fourth-order valence-electron chi connectivity index (χ4n) is 9.94. The van der Waals surface area contributed by atoms with E-state index in [0.717, 1.165) is 17.6 Å². The number of cyclic esters (lactones) is 1. The zero-order valence-electron chi connectivity index (χ0n) is 22.3. The molecule has 2 N–H and O–H groups in total. The second-order valence-corrected chi connectivity index (χ2v) is 13.2. The van der Waals surface area contributed by atoms with Crippen molar-refractivity contribution in [2.45, 2.75) is 94.5 Å². The number of aliphatic hydroxyl groups excluding tert-OH is 1. The summed E-state index contributed by atoms with van der Waals surface area (Å²) in [4.78, 5) is 26.0. The Morgan fingerprint density at radius 1 is 1.10 bits per heavy atom. The molecule has 3 unspecified atom stereocenters. The Labute approximate surface area is 226 Å². The molecule has 4 aliphatic heterocycles. The fourth-order valence-corrected chi connectivity index (χ4v) is 9.94. The van der Waals surface area contributed by atoms with E-state index in [4.69, 9.17) is 28.4 Å². The van der Waals surface area contributed by atoms with Gasteiger partial charge in [-0.1, -0.05) is 18.6 Å². The molecule has 0 aromatic heterocycles. The fraction of sp³-hybridized carbons (Fsp3) is 0.793. The molecule has 0 aromatic rings. The molecule has 10 heteroatoms. The van der Waals surface area contributed by atoms with Gasteiger partial charge in [0.05, 0.1) is 23.7 Å². The van der Waals surface area contributed by atoms with Gasteiger partial charge in [0.25, 0.3) is 0 Å². The Hall–Kier alpha value is -1.66. The van der Waals surface area contributed by atoms with E-state index in [9.17, 15) is 19.8 Å². The first-order valence-electron chi connectivity index (χ1n) is 14.4. The molecule has 4 heterocycles. The predicted molar refractivity (Wildman–Crippen MR) is 131 cm³/mol. The van der Waals surface area contributed by atoms with Crippen molar-refractivity contribution in [2.75, 3.05) is 20.0 Å². The van der Waals surface area contributed by atoms with Crippen LogP contribution in [0.3, 0.4) is 0 Å². The molecule has 3 saturated heterocycles. The highest BCUT2D eigenvalue weighted by Crippen LogP contribution is 2.68. The van der Waals surface area contributed by atoms with E-state index >= 15 is 0 Å². The first-order valence-corrected chi connectivity index (χ1v) is 14.4. The summed E-state index contributed by atoms with van der Waals surface area (Å²) in [7, 11) is 0. The van der Waals surface area contributed by atoms with Gasteiger partial charge in [0.15, 0.2) is 12.6 Å². The highest BCUT2D eigenvalue weighted by atomic mass is 16.9. The number of ketones is 1. The molecule has 0 bridgehead atoms. The number of allylic oxidation sites excluding steroid dienone is 1. The Morgan fingerprint density at radius 3 is 2.74 bits per heavy atom. The van der Waals surface area contributed by atoms with Crippen LogP contribution in [0, 0.1) is 28.6 Å². The Balaban J connectivity index is 1.16. The van der Waals surface area contributed by atoms with Gasteiger partial charge >= 0.3 is 5.97 Å². The summed E-state index contributed by atoms with van der Waals surface area (Å²) in [5.74, 6) is -2.99. The van der Waals surface area contributed by atoms with Crippen LogP contribution in [0.15, 0.2) is 23.3 Å². The number of carbonyl (C=O) groups is 2. The van der Waals surface area contributed by atoms with E-state index in [1.54, 1.807) is 6.92 Å². The minimum Gasteiger partial charge on any atom is -0.458 e. The van der Waals surface area contributed by atoms with Gasteiger partial charge in [0.2, 0.25) is 12.1 Å². The summed E-state index contributed by atoms with van der Waals surface area (Å²) in [5.41, 5.74) is -1.20. The summed E-state index contributed by atoms with van der Waals surface area (Å²) in [6, 6.07) is 0. The third-order valence-corrected chi connectivity index (χ3v) is 11.9. The van der Waals surface area contributed by atoms with Crippen molar-refractivity contribution in [2.24, 2.45) is 28.6 Å². The molecule has 39 heavy (non-hydrogen) atoms. The van der Waals surface area contributed by atoms with Gasteiger partial charge < -0.3 is 38.6 Å². The maximum Gasteiger partial charge on any atom is 0.331 e. The van der Waals surface area contributed by atoms with Crippen LogP contribution in [0.5, 0.6) is 0 Å². The van der Waals surface area contributed by atoms with Crippen LogP contribution in [0.25, 0.3) is 0 Å². The average molecular weight is 545 g/mol. The largest absolute Gasteiger partial charge is 0.458 e. The summed E-state index contributed by atoms with van der Waals surface area (Å²) >= 11 is 0. The lowest BCUT2D eigenvalue weighted by Gasteiger charge is -2.63. The van der Waals surface area contributed by atoms with Gasteiger partial charge in [-0.25, -0.2) is 4.79 Å². The molecule has 4 aliphatic carbocycles. The molecule has 12 atom stereocenters. The number of hydrogen-bond donors (Lipinski definition) is 2. The molecule has 10 nitrogen and oxygen atoms in total. The lowest BCUT2D eigenvalue weighted by atomic mass is 9.43. The molecule has 0 aromatic carbocycles. The second-order valence-electron chi connectivity index (χ2n) is 13.2. The van der Waals surface area contributed by atoms with Crippen LogP contribution < -0.4 is 0 Å². The van der Waals surface area contributed by atoms with E-state index in [2.05, 4.69) is 13.0 Å². The van der Waals surface area contributed by atoms with Crippen molar-refractivity contribution in [3.05, 3.63) is 23.3 Å². The van der Waals surface area contributed by atoms with Crippen molar-refractivity contribution >= 4 is 11.8 Å². The highest BCUT2D eigenvalue weighted by molar-refractivity contribution is 5.93. The van der Waals surface area contributed by atoms with Crippen LogP contribution in [0.1, 0.15) is 52.4 Å². The van der Waals surface area contributed by atoms with Crippen molar-refractivity contribution in [1.29, 1.82) is 0 Å². The SMILES string of the molecule is C[C@]12C[C@H]3O[C@@]45OCO[C@@H]4CCO[C@H]5O[C@@H]3C=C1CCC1C2C(O)C(=O)[C@]2(C)[C@@H](C3=CC(=O)OC3)CC[C@]12O. The van der Waals surface area contributed by atoms with Crippen molar-refractivity contribution in [3.8, 4) is 0 Å². The Kier molecular flexibility index (Phi) is 5.14. The van der Waals surface area contributed by atoms with E-state index in [-0.39, 0.29) is 49.3 Å². The molecule has 0 radical (unpaired) electrons. The standard InChI is InChI=1S/C29H36O10/c1-26-11-19-18(38-25-29(39-19)20(6-8-34-25)36-13-37-29)10-15(26)3-4-17-22(26)23(31)24(32)27(2)16(5-7-28(17,27)33)14-9-21(30)35-12-14/h9-10,16-20,22-23,25,31,33H,3-8,11-13H2,1-2H3/t16-,17?,18-,19-,20-,22?,23?,25+,26+,27+,28+,29+/m1/s1. The lowest BCUT2D eigenvalue weighted by Crippen LogP contribution is -2.71. The number of Topliss-reactive ketones (excluding diaryl/α,β-unsaturated/α-hetero) is 1. The molecule has 0 amide bonds. The quantitative estimate of drug-likeness (QED) is 0.370. The molecular formula is C29H36O10. The normalized spacial score (nSPS) is 55.8. The van der Waals surface area contributed by atoms with Crippen LogP contribution >= 0.6 is 0 Å². The maximum atomic E-state index is 14.2. The van der Waals surface area contributed by atoms with Crippen molar-refractivity contribution in [3.63, 3.8) is 0 Å². The van der Waals surface area contributed by atoms with E-state index in [1.165, 1.54) is 6.08 Å². The van der Waals surface area contributed by atoms with E-state index in [1.807, 2.05) is 0 Å². The van der Waals surface area contributed by atoms with Gasteiger partial charge in [-0.3, -0.25) is 4.79 Å². The highest BCUT2D eigenvalue weighted by Gasteiger charge is 2.74. The summed E-state index contributed by atoms with van der Waals surface area (Å²) in [6.45, 7) is 4.64. The van der Waals surface area contributed by atoms with Crippen molar-refractivity contribution < 1.29 is 48.2 Å². The lowest BCUT2D eigenvalue weighted by molar-refractivity contribution is -0.422. The van der Waals surface area contributed by atoms with E-state index < -0.39 is 46.5 Å². The van der Waals surface area contributed by atoms with Gasteiger partial charge in [0, 0.05) is 18.4 Å². The maximum absolute atomic E-state index is 14.2. The van der Waals surface area contributed by atoms with Gasteiger partial charge in [-0.15, -0.1) is 0 Å². The van der Waals surface area contributed by atoms with Crippen LogP contribution in [-0.4, -0.2) is 84.1 Å². The Morgan fingerprint density at radius 2 is 1.95 bits per heavy atom. The molecule has 8 aliphatic rings. The molecule has 3 saturated carbocycles. The third kappa shape index (κ3) is 2.96. The molecule has 212 valence electrons. The summed E-state index contributed by atoms with van der Waals surface area (Å²) in [6.07, 6.45) is 4.18. The first kappa shape index (κ1) is 25.1. The third-order valence-electron chi connectivity index (χ3n) is 11.9. The number of carbonyl (C=O) groups excluding carboxylic acids is 2. The minimum absolute atomic E-state index is 0.112. The van der Waals surface area contributed by atoms with Crippen LogP contribution in [0.2, 0.25) is 0 Å². The van der Waals surface area contributed by atoms with Gasteiger partial charge in [0.1, 0.15) is 24.9 Å². The number of rotatable bonds is 1. The van der Waals surface area contributed by atoms with Gasteiger partial charge in [-0.05, 0) is 61.9 Å². The van der Waals surface area contributed by atoms with Gasteiger partial charge in [-0.2, -0.15) is 0 Å². The summed E-state index contributed by atoms with van der Waals surface area (Å²) < 4.78 is 35.9. The summed E-state index contributed by atoms with van der Waals surface area (Å²) in [5, 5.41) is 24.3. The Bertz CT molecular complexity index is 1200. The monoisotopic (exact) mass is 544 g/mol. The number of fused-ring (bicyclic) bond motifs is 6. The average Bonchev–Trinajstić information content (AvgIpc) is 3.60. The topological polar surface area (TPSA) is 130 Å². The van der Waals surface area contributed by atoms with E-state index in [0.29, 0.717) is 38.7 Å². The molecule has 6 fully saturated rings. The second kappa shape index (κ2) is 8.00. The van der Waals surface area contributed by atoms with Crippen LogP contribution in [-0.2, 0) is 38.0 Å². The van der Waals surface area contributed by atoms with Crippen molar-refractivity contribution in [1.82, 2.24) is 0 Å². The first-order chi connectivity index (χ1) is 18.6. The molecule has 1 spiro atoms. The smallest absolute Gasteiger partial charge is 0.331 e. The zero-order chi connectivity index (χ0) is 26.9. The number of hydrogen-bond acceptors (Lipinski definition) is 10. The molecule has 8 rings (SSSR count). The predicted octanol–water partition coefficient (Wildman–Crippen LogP) is 1.52. The zero-order valence-corrected chi connectivity index (χ0v) is 22.3.